The van der Waals surface area contributed by atoms with Crippen LogP contribution in [0.4, 0.5) is 0 Å². The Hall–Kier alpha value is -1.81. The second-order valence-electron chi connectivity index (χ2n) is 6.42. The number of aryl methyl sites for hydroxylation is 1. The zero-order valence-corrected chi connectivity index (χ0v) is 13.3. The van der Waals surface area contributed by atoms with Gasteiger partial charge in [-0.15, -0.1) is 0 Å². The molecule has 0 spiro atoms. The predicted octanol–water partition coefficient (Wildman–Crippen LogP) is 2.78. The maximum Gasteiger partial charge on any atom is 0.227 e. The normalized spacial score (nSPS) is 19.8. The number of nitrogens with zero attached hydrogens (tertiary/aromatic N) is 1. The topological polar surface area (TPSA) is 56.3 Å². The van der Waals surface area contributed by atoms with Crippen LogP contribution in [-0.4, -0.2) is 39.6 Å². The third-order valence-corrected chi connectivity index (χ3v) is 4.67. The van der Waals surface area contributed by atoms with Crippen molar-refractivity contribution in [3.63, 3.8) is 0 Å². The van der Waals surface area contributed by atoms with E-state index in [2.05, 4.69) is 11.1 Å². The number of likely N-dealkylation sites (tertiary alicyclic amines) is 1. The lowest BCUT2D eigenvalue weighted by atomic mass is 10.0. The Morgan fingerprint density at radius 2 is 2.23 bits per heavy atom. The molecule has 1 aromatic carbocycles. The van der Waals surface area contributed by atoms with Crippen LogP contribution in [0, 0.1) is 6.92 Å². The molecule has 2 heterocycles. The van der Waals surface area contributed by atoms with Gasteiger partial charge in [-0.2, -0.15) is 0 Å². The Labute approximate surface area is 131 Å². The number of amides is 1. The van der Waals surface area contributed by atoms with Gasteiger partial charge >= 0.3 is 0 Å². The van der Waals surface area contributed by atoms with Gasteiger partial charge in [-0.05, 0) is 44.7 Å². The number of aromatic amines is 1. The van der Waals surface area contributed by atoms with E-state index < -0.39 is 0 Å². The van der Waals surface area contributed by atoms with E-state index >= 15 is 0 Å². The molecule has 0 radical (unpaired) electrons. The van der Waals surface area contributed by atoms with Crippen molar-refractivity contribution in [3.8, 4) is 0 Å². The van der Waals surface area contributed by atoms with Crippen molar-refractivity contribution in [2.24, 2.45) is 0 Å². The van der Waals surface area contributed by atoms with Crippen molar-refractivity contribution < 1.29 is 9.90 Å². The summed E-state index contributed by atoms with van der Waals surface area (Å²) in [6, 6.07) is 8.32. The fourth-order valence-electron chi connectivity index (χ4n) is 3.62. The molecule has 1 saturated heterocycles. The summed E-state index contributed by atoms with van der Waals surface area (Å²) in [6.45, 7) is 4.64. The van der Waals surface area contributed by atoms with Crippen molar-refractivity contribution in [1.29, 1.82) is 0 Å². The van der Waals surface area contributed by atoms with E-state index in [0.29, 0.717) is 12.8 Å². The minimum absolute atomic E-state index is 0.177. The quantitative estimate of drug-likeness (QED) is 0.912. The first kappa shape index (κ1) is 15.1. The molecule has 1 aliphatic rings. The fraction of sp³-hybridized carbons (Fsp3) is 0.500. The van der Waals surface area contributed by atoms with Crippen LogP contribution >= 0.6 is 0 Å². The molecular weight excluding hydrogens is 276 g/mol. The second-order valence-corrected chi connectivity index (χ2v) is 6.42. The molecule has 0 saturated carbocycles. The minimum atomic E-state index is -0.353. The summed E-state index contributed by atoms with van der Waals surface area (Å²) in [5, 5.41) is 10.8. The number of benzene rings is 1. The Bertz CT molecular complexity index is 675. The molecule has 0 aliphatic carbocycles. The van der Waals surface area contributed by atoms with Gasteiger partial charge in [-0.3, -0.25) is 4.79 Å². The highest BCUT2D eigenvalue weighted by Gasteiger charge is 2.30. The van der Waals surface area contributed by atoms with Crippen LogP contribution in [0.25, 0.3) is 10.9 Å². The molecule has 2 atom stereocenters. The molecule has 1 fully saturated rings. The number of aliphatic hydroxyl groups excluding tert-OH is 1. The average molecular weight is 300 g/mol. The third kappa shape index (κ3) is 2.88. The van der Waals surface area contributed by atoms with Crippen LogP contribution in [0.3, 0.4) is 0 Å². The van der Waals surface area contributed by atoms with Crippen molar-refractivity contribution in [2.45, 2.75) is 51.7 Å². The molecular formula is C18H24N2O2. The zero-order chi connectivity index (χ0) is 15.7. The number of carbonyl (C=O) groups excluding carboxylic acids is 1. The fourth-order valence-corrected chi connectivity index (χ4v) is 3.62. The van der Waals surface area contributed by atoms with E-state index in [-0.39, 0.29) is 18.1 Å². The van der Waals surface area contributed by atoms with Crippen LogP contribution in [0.5, 0.6) is 0 Å². The van der Waals surface area contributed by atoms with Crippen molar-refractivity contribution in [3.05, 3.63) is 35.5 Å². The molecule has 0 bridgehead atoms. The number of hydrogen-bond acceptors (Lipinski definition) is 2. The lowest BCUT2D eigenvalue weighted by Gasteiger charge is -2.26. The Kier molecular flexibility index (Phi) is 4.21. The summed E-state index contributed by atoms with van der Waals surface area (Å²) in [4.78, 5) is 18.1. The highest BCUT2D eigenvalue weighted by molar-refractivity contribution is 5.90. The predicted molar refractivity (Wildman–Crippen MR) is 87.8 cm³/mol. The zero-order valence-electron chi connectivity index (χ0n) is 13.3. The molecule has 1 amide bonds. The number of fused-ring (bicyclic) bond motifs is 1. The van der Waals surface area contributed by atoms with E-state index in [0.717, 1.165) is 41.5 Å². The Balaban J connectivity index is 1.79. The van der Waals surface area contributed by atoms with Crippen LogP contribution in [0.15, 0.2) is 24.3 Å². The smallest absolute Gasteiger partial charge is 0.227 e. The lowest BCUT2D eigenvalue weighted by Crippen LogP contribution is -2.38. The van der Waals surface area contributed by atoms with Crippen LogP contribution in [-0.2, 0) is 11.2 Å². The maximum atomic E-state index is 12.7. The highest BCUT2D eigenvalue weighted by Crippen LogP contribution is 2.26. The number of carbonyl (C=O) groups is 1. The van der Waals surface area contributed by atoms with Crippen molar-refractivity contribution in [2.75, 3.05) is 6.54 Å². The van der Waals surface area contributed by atoms with E-state index in [1.165, 1.54) is 0 Å². The summed E-state index contributed by atoms with van der Waals surface area (Å²) in [5.74, 6) is 0.177. The summed E-state index contributed by atoms with van der Waals surface area (Å²) < 4.78 is 0. The van der Waals surface area contributed by atoms with Gasteiger partial charge in [0.05, 0.1) is 12.5 Å². The number of nitrogens with one attached hydrogen (secondary N) is 1. The van der Waals surface area contributed by atoms with Gasteiger partial charge in [0.15, 0.2) is 0 Å². The molecule has 4 nitrogen and oxygen atoms in total. The maximum absolute atomic E-state index is 12.7. The first-order valence-corrected chi connectivity index (χ1v) is 8.10. The number of rotatable bonds is 4. The van der Waals surface area contributed by atoms with Gasteiger partial charge in [0.1, 0.15) is 0 Å². The Morgan fingerprint density at radius 1 is 1.45 bits per heavy atom. The number of hydrogen-bond donors (Lipinski definition) is 2. The molecule has 2 N–H and O–H groups in total. The van der Waals surface area contributed by atoms with Gasteiger partial charge < -0.3 is 15.0 Å². The van der Waals surface area contributed by atoms with Crippen molar-refractivity contribution >= 4 is 16.8 Å². The second kappa shape index (κ2) is 6.13. The molecule has 1 aromatic heterocycles. The molecule has 118 valence electrons. The highest BCUT2D eigenvalue weighted by atomic mass is 16.3. The molecule has 2 unspecified atom stereocenters. The van der Waals surface area contributed by atoms with Gasteiger partial charge in [0.25, 0.3) is 0 Å². The summed E-state index contributed by atoms with van der Waals surface area (Å²) >= 11 is 0. The van der Waals surface area contributed by atoms with Crippen LogP contribution in [0.1, 0.15) is 37.4 Å². The third-order valence-electron chi connectivity index (χ3n) is 4.67. The SMILES string of the molecule is Cc1[nH]c2ccccc2c1CC(=O)N1CCCC1CC(C)O. The molecule has 1 aliphatic heterocycles. The van der Waals surface area contributed by atoms with Crippen LogP contribution in [0.2, 0.25) is 0 Å². The summed E-state index contributed by atoms with van der Waals surface area (Å²) in [6.07, 6.45) is 2.80. The standard InChI is InChI=1S/C18H24N2O2/c1-12(21)10-14-6-5-9-20(14)18(22)11-16-13(2)19-17-8-4-3-7-15(16)17/h3-4,7-8,12,14,19,21H,5-6,9-11H2,1-2H3. The number of H-pyrrole nitrogens is 1. The molecule has 4 heteroatoms. The molecule has 22 heavy (non-hydrogen) atoms. The molecule has 2 aromatic rings. The largest absolute Gasteiger partial charge is 0.393 e. The van der Waals surface area contributed by atoms with Gasteiger partial charge in [0, 0.05) is 29.2 Å². The first-order valence-electron chi connectivity index (χ1n) is 8.10. The lowest BCUT2D eigenvalue weighted by molar-refractivity contribution is -0.131. The molecule has 3 rings (SSSR count). The van der Waals surface area contributed by atoms with Gasteiger partial charge in [0.2, 0.25) is 5.91 Å². The van der Waals surface area contributed by atoms with Crippen molar-refractivity contribution in [1.82, 2.24) is 9.88 Å². The average Bonchev–Trinajstić information content (AvgIpc) is 3.04. The number of para-hydroxylation sites is 1. The van der Waals surface area contributed by atoms with E-state index in [4.69, 9.17) is 0 Å². The van der Waals surface area contributed by atoms with E-state index in [9.17, 15) is 9.90 Å². The summed E-state index contributed by atoms with van der Waals surface area (Å²) in [7, 11) is 0. The van der Waals surface area contributed by atoms with Gasteiger partial charge in [-0.1, -0.05) is 18.2 Å². The first-order chi connectivity index (χ1) is 10.6. The van der Waals surface area contributed by atoms with E-state index in [1.54, 1.807) is 6.92 Å². The number of aromatic nitrogens is 1. The minimum Gasteiger partial charge on any atom is -0.393 e. The number of aliphatic hydroxyl groups is 1. The Morgan fingerprint density at radius 3 is 3.00 bits per heavy atom. The van der Waals surface area contributed by atoms with E-state index in [1.807, 2.05) is 30.0 Å². The summed E-state index contributed by atoms with van der Waals surface area (Å²) in [5.41, 5.74) is 3.26. The van der Waals surface area contributed by atoms with Gasteiger partial charge in [-0.25, -0.2) is 0 Å². The van der Waals surface area contributed by atoms with Crippen LogP contribution < -0.4 is 0 Å². The monoisotopic (exact) mass is 300 g/mol.